The highest BCUT2D eigenvalue weighted by Gasteiger charge is 2.34. The van der Waals surface area contributed by atoms with Crippen LogP contribution in [0.25, 0.3) is 10.3 Å². The molecule has 0 unspecified atom stereocenters. The molecule has 2 aromatic rings. The van der Waals surface area contributed by atoms with Crippen molar-refractivity contribution in [1.82, 2.24) is 19.9 Å². The zero-order chi connectivity index (χ0) is 15.1. The minimum atomic E-state index is -0.894. The molecule has 1 fully saturated rings. The highest BCUT2D eigenvalue weighted by atomic mass is 32.1. The molecule has 0 aromatic carbocycles. The average molecular weight is 308 g/mol. The van der Waals surface area contributed by atoms with Crippen LogP contribution in [0.5, 0.6) is 0 Å². The van der Waals surface area contributed by atoms with Gasteiger partial charge in [0, 0.05) is 25.2 Å². The van der Waals surface area contributed by atoms with Crippen molar-refractivity contribution >= 4 is 39.5 Å². The van der Waals surface area contributed by atoms with Gasteiger partial charge >= 0.3 is 6.09 Å². The molecule has 0 radical (unpaired) electrons. The number of thiazole rings is 1. The second-order valence-corrected chi connectivity index (χ2v) is 6.04. The Morgan fingerprint density at radius 1 is 1.38 bits per heavy atom. The van der Waals surface area contributed by atoms with E-state index in [1.165, 1.54) is 16.2 Å². The fraction of sp³-hybridized carbons (Fsp3) is 0.500. The lowest BCUT2D eigenvalue weighted by Gasteiger charge is -2.44. The minimum Gasteiger partial charge on any atom is -0.465 e. The van der Waals surface area contributed by atoms with Crippen molar-refractivity contribution in [2.75, 3.05) is 23.7 Å². The van der Waals surface area contributed by atoms with Crippen LogP contribution in [0.3, 0.4) is 0 Å². The lowest BCUT2D eigenvalue weighted by molar-refractivity contribution is 0.128. The zero-order valence-corrected chi connectivity index (χ0v) is 12.5. The van der Waals surface area contributed by atoms with Gasteiger partial charge in [-0.3, -0.25) is 0 Å². The molecular formula is C12H16N6O2S. The van der Waals surface area contributed by atoms with Gasteiger partial charge < -0.3 is 20.6 Å². The predicted octanol–water partition coefficient (Wildman–Crippen LogP) is 1.25. The van der Waals surface area contributed by atoms with Gasteiger partial charge in [0.15, 0.2) is 10.6 Å². The first-order chi connectivity index (χ1) is 9.97. The third kappa shape index (κ3) is 2.33. The number of piperazine rings is 1. The van der Waals surface area contributed by atoms with Gasteiger partial charge in [-0.2, -0.15) is 4.98 Å². The third-order valence-corrected chi connectivity index (χ3v) is 4.35. The van der Waals surface area contributed by atoms with Crippen molar-refractivity contribution < 1.29 is 9.90 Å². The molecule has 8 nitrogen and oxygen atoms in total. The van der Waals surface area contributed by atoms with Gasteiger partial charge in [-0.15, -0.1) is 11.3 Å². The van der Waals surface area contributed by atoms with Crippen LogP contribution >= 0.6 is 11.3 Å². The van der Waals surface area contributed by atoms with E-state index in [4.69, 9.17) is 10.8 Å². The standard InChI is InChI=1S/C12H16N6O2S/c1-6-3-17(12(19)20)4-7(2)18(6)9-8-10(21-5-14-8)16-11(13)15-9/h5-7H,3-4H2,1-2H3,(H,19,20)(H2,13,15,16)/t6-,7+. The van der Waals surface area contributed by atoms with Crippen molar-refractivity contribution in [2.45, 2.75) is 25.9 Å². The van der Waals surface area contributed by atoms with Gasteiger partial charge in [0.25, 0.3) is 0 Å². The fourth-order valence-electron chi connectivity index (χ4n) is 2.84. The number of aromatic nitrogens is 3. The van der Waals surface area contributed by atoms with Gasteiger partial charge in [-0.05, 0) is 13.8 Å². The second-order valence-electron chi connectivity index (χ2n) is 5.20. The van der Waals surface area contributed by atoms with Crippen LogP contribution in [0, 0.1) is 0 Å². The molecule has 1 amide bonds. The summed E-state index contributed by atoms with van der Waals surface area (Å²) in [5.74, 6) is 0.894. The molecule has 1 aliphatic heterocycles. The van der Waals surface area contributed by atoms with E-state index in [2.05, 4.69) is 19.9 Å². The molecule has 2 aromatic heterocycles. The summed E-state index contributed by atoms with van der Waals surface area (Å²) in [7, 11) is 0. The molecule has 3 rings (SSSR count). The van der Waals surface area contributed by atoms with Crippen LogP contribution in [0.4, 0.5) is 16.6 Å². The van der Waals surface area contributed by atoms with E-state index in [0.717, 1.165) is 10.3 Å². The highest BCUT2D eigenvalue weighted by molar-refractivity contribution is 7.16. The Balaban J connectivity index is 2.02. The molecule has 0 bridgehead atoms. The summed E-state index contributed by atoms with van der Waals surface area (Å²) in [6.07, 6.45) is -0.894. The number of rotatable bonds is 1. The van der Waals surface area contributed by atoms with Crippen molar-refractivity contribution in [2.24, 2.45) is 0 Å². The van der Waals surface area contributed by atoms with E-state index in [0.29, 0.717) is 18.9 Å². The Morgan fingerprint density at radius 2 is 2.05 bits per heavy atom. The van der Waals surface area contributed by atoms with E-state index >= 15 is 0 Å². The Bertz CT molecular complexity index is 677. The van der Waals surface area contributed by atoms with Crippen LogP contribution in [0.15, 0.2) is 5.51 Å². The SMILES string of the molecule is C[C@@H]1CN(C(=O)O)C[C@H](C)N1c1nc(N)nc2scnc12. The number of amides is 1. The van der Waals surface area contributed by atoms with E-state index in [1.54, 1.807) is 5.51 Å². The summed E-state index contributed by atoms with van der Waals surface area (Å²) < 4.78 is 0. The first-order valence-corrected chi connectivity index (χ1v) is 7.48. The van der Waals surface area contributed by atoms with Crippen molar-refractivity contribution in [3.8, 4) is 0 Å². The maximum absolute atomic E-state index is 11.2. The topological polar surface area (TPSA) is 108 Å². The number of nitrogen functional groups attached to an aromatic ring is 1. The monoisotopic (exact) mass is 308 g/mol. The Labute approximate surface area is 125 Å². The summed E-state index contributed by atoms with van der Waals surface area (Å²) in [6, 6.07) is -0.0203. The highest BCUT2D eigenvalue weighted by Crippen LogP contribution is 2.30. The van der Waals surface area contributed by atoms with Crippen LogP contribution in [0.1, 0.15) is 13.8 Å². The summed E-state index contributed by atoms with van der Waals surface area (Å²) >= 11 is 1.41. The van der Waals surface area contributed by atoms with Gasteiger partial charge in [-0.25, -0.2) is 14.8 Å². The van der Waals surface area contributed by atoms with Crippen molar-refractivity contribution in [1.29, 1.82) is 0 Å². The molecule has 112 valence electrons. The molecule has 0 saturated carbocycles. The molecule has 9 heteroatoms. The summed E-state index contributed by atoms with van der Waals surface area (Å²) in [4.78, 5) is 28.3. The minimum absolute atomic E-state index is 0.0101. The number of carbonyl (C=O) groups is 1. The molecule has 3 N–H and O–H groups in total. The number of fused-ring (bicyclic) bond motifs is 1. The average Bonchev–Trinajstić information content (AvgIpc) is 2.85. The van der Waals surface area contributed by atoms with Gasteiger partial charge in [-0.1, -0.05) is 0 Å². The summed E-state index contributed by atoms with van der Waals surface area (Å²) in [6.45, 7) is 4.80. The summed E-state index contributed by atoms with van der Waals surface area (Å²) in [5.41, 5.74) is 8.21. The number of hydrogen-bond acceptors (Lipinski definition) is 7. The lowest BCUT2D eigenvalue weighted by Crippen LogP contribution is -2.58. The third-order valence-electron chi connectivity index (χ3n) is 3.63. The maximum atomic E-state index is 11.2. The van der Waals surface area contributed by atoms with Crippen LogP contribution < -0.4 is 10.6 Å². The van der Waals surface area contributed by atoms with Gasteiger partial charge in [0.2, 0.25) is 5.95 Å². The smallest absolute Gasteiger partial charge is 0.407 e. The molecule has 0 spiro atoms. The van der Waals surface area contributed by atoms with E-state index in [-0.39, 0.29) is 18.0 Å². The number of carboxylic acid groups (broad SMARTS) is 1. The van der Waals surface area contributed by atoms with E-state index < -0.39 is 6.09 Å². The normalized spacial score (nSPS) is 22.8. The number of nitrogens with two attached hydrogens (primary N) is 1. The first-order valence-electron chi connectivity index (χ1n) is 6.60. The lowest BCUT2D eigenvalue weighted by atomic mass is 10.1. The largest absolute Gasteiger partial charge is 0.465 e. The van der Waals surface area contributed by atoms with Crippen LogP contribution in [0.2, 0.25) is 0 Å². The fourth-order valence-corrected chi connectivity index (χ4v) is 3.50. The maximum Gasteiger partial charge on any atom is 0.407 e. The van der Waals surface area contributed by atoms with Crippen LogP contribution in [-0.4, -0.2) is 56.2 Å². The van der Waals surface area contributed by atoms with Gasteiger partial charge in [0.05, 0.1) is 5.51 Å². The summed E-state index contributed by atoms with van der Waals surface area (Å²) in [5, 5.41) is 9.16. The molecular weight excluding hydrogens is 292 g/mol. The molecule has 1 saturated heterocycles. The number of hydrogen-bond donors (Lipinski definition) is 2. The molecule has 3 heterocycles. The zero-order valence-electron chi connectivity index (χ0n) is 11.7. The van der Waals surface area contributed by atoms with Crippen LogP contribution in [-0.2, 0) is 0 Å². The second kappa shape index (κ2) is 4.99. The van der Waals surface area contributed by atoms with E-state index in [1.807, 2.05) is 13.8 Å². The number of anilines is 2. The van der Waals surface area contributed by atoms with Gasteiger partial charge in [0.1, 0.15) is 5.52 Å². The van der Waals surface area contributed by atoms with Crippen molar-refractivity contribution in [3.05, 3.63) is 5.51 Å². The van der Waals surface area contributed by atoms with Crippen molar-refractivity contribution in [3.63, 3.8) is 0 Å². The molecule has 1 aliphatic rings. The molecule has 0 aliphatic carbocycles. The predicted molar refractivity (Wildman–Crippen MR) is 80.6 cm³/mol. The first kappa shape index (κ1) is 13.8. The Hall–Kier alpha value is -2.16. The quantitative estimate of drug-likeness (QED) is 0.816. The number of nitrogens with zero attached hydrogens (tertiary/aromatic N) is 5. The Kier molecular flexibility index (Phi) is 3.28. The Morgan fingerprint density at radius 3 is 2.67 bits per heavy atom. The molecule has 21 heavy (non-hydrogen) atoms. The molecule has 2 atom stereocenters. The van der Waals surface area contributed by atoms with E-state index in [9.17, 15) is 4.79 Å².